The van der Waals surface area contributed by atoms with Crippen molar-refractivity contribution in [1.29, 1.82) is 0 Å². The number of amides is 1. The van der Waals surface area contributed by atoms with Crippen molar-refractivity contribution in [3.63, 3.8) is 0 Å². The van der Waals surface area contributed by atoms with Crippen LogP contribution in [0.3, 0.4) is 0 Å². The van der Waals surface area contributed by atoms with Gasteiger partial charge in [-0.3, -0.25) is 4.79 Å². The van der Waals surface area contributed by atoms with E-state index in [1.54, 1.807) is 0 Å². The van der Waals surface area contributed by atoms with Gasteiger partial charge in [-0.15, -0.1) is 0 Å². The van der Waals surface area contributed by atoms with Gasteiger partial charge < -0.3 is 15.0 Å². The molecule has 1 amide bonds. The first-order chi connectivity index (χ1) is 12.7. The van der Waals surface area contributed by atoms with Crippen LogP contribution in [-0.4, -0.2) is 40.6 Å². The van der Waals surface area contributed by atoms with E-state index >= 15 is 0 Å². The number of likely N-dealkylation sites (tertiary alicyclic amines) is 1. The van der Waals surface area contributed by atoms with Crippen LogP contribution < -0.4 is 0 Å². The highest BCUT2D eigenvalue weighted by molar-refractivity contribution is 6.06. The lowest BCUT2D eigenvalue weighted by molar-refractivity contribution is 0.0580. The van der Waals surface area contributed by atoms with E-state index in [1.165, 1.54) is 11.1 Å². The minimum Gasteiger partial charge on any atom is -0.396 e. The molecular formula is C22H24N2O2. The third kappa shape index (κ3) is 3.01. The summed E-state index contributed by atoms with van der Waals surface area (Å²) in [6, 6.07) is 16.4. The average molecular weight is 348 g/mol. The van der Waals surface area contributed by atoms with Crippen molar-refractivity contribution in [2.45, 2.75) is 19.3 Å². The first kappa shape index (κ1) is 16.9. The number of hydrogen-bond acceptors (Lipinski definition) is 2. The average Bonchev–Trinajstić information content (AvgIpc) is 3.10. The van der Waals surface area contributed by atoms with E-state index in [0.717, 1.165) is 22.9 Å². The van der Waals surface area contributed by atoms with Crippen LogP contribution in [0.25, 0.3) is 10.9 Å². The molecule has 3 aromatic rings. The van der Waals surface area contributed by atoms with Crippen LogP contribution >= 0.6 is 0 Å². The van der Waals surface area contributed by atoms with E-state index in [-0.39, 0.29) is 18.4 Å². The number of aromatic amines is 1. The molecule has 4 heteroatoms. The van der Waals surface area contributed by atoms with Crippen LogP contribution in [0.15, 0.2) is 54.7 Å². The van der Waals surface area contributed by atoms with Gasteiger partial charge in [0.25, 0.3) is 5.91 Å². The predicted octanol–water partition coefficient (Wildman–Crippen LogP) is 3.71. The Bertz CT molecular complexity index is 916. The Morgan fingerprint density at radius 2 is 2.04 bits per heavy atom. The van der Waals surface area contributed by atoms with Gasteiger partial charge in [-0.05, 0) is 36.5 Å². The molecule has 1 aliphatic heterocycles. The Morgan fingerprint density at radius 1 is 1.23 bits per heavy atom. The van der Waals surface area contributed by atoms with Gasteiger partial charge in [0, 0.05) is 42.7 Å². The first-order valence-corrected chi connectivity index (χ1v) is 9.20. The summed E-state index contributed by atoms with van der Waals surface area (Å²) in [4.78, 5) is 18.2. The topological polar surface area (TPSA) is 56.3 Å². The molecule has 1 aliphatic rings. The highest BCUT2D eigenvalue weighted by Gasteiger charge is 2.32. The Labute approximate surface area is 153 Å². The van der Waals surface area contributed by atoms with Gasteiger partial charge in [0.15, 0.2) is 0 Å². The maximum Gasteiger partial charge on any atom is 0.256 e. The summed E-state index contributed by atoms with van der Waals surface area (Å²) in [6.45, 7) is 3.44. The minimum absolute atomic E-state index is 0.0464. The van der Waals surface area contributed by atoms with E-state index in [4.69, 9.17) is 0 Å². The molecule has 2 aromatic carbocycles. The fourth-order valence-electron chi connectivity index (χ4n) is 4.13. The fourth-order valence-corrected chi connectivity index (χ4v) is 4.13. The Kier molecular flexibility index (Phi) is 4.51. The first-order valence-electron chi connectivity index (χ1n) is 9.20. The lowest BCUT2D eigenvalue weighted by atomic mass is 9.81. The molecular weight excluding hydrogens is 324 g/mol. The zero-order valence-electron chi connectivity index (χ0n) is 15.0. The van der Waals surface area contributed by atoms with Gasteiger partial charge in [0.2, 0.25) is 0 Å². The number of benzene rings is 2. The second kappa shape index (κ2) is 6.96. The summed E-state index contributed by atoms with van der Waals surface area (Å²) < 4.78 is 0. The SMILES string of the molecule is Cc1ccc2c(C(=O)N3CC[C@H](c4ccccc4)[C@H](CO)C3)c[nH]c2c1. The minimum atomic E-state index is 0.0464. The number of nitrogens with zero attached hydrogens (tertiary/aromatic N) is 1. The number of rotatable bonds is 3. The highest BCUT2D eigenvalue weighted by atomic mass is 16.3. The standard InChI is InChI=1S/C22H24N2O2/c1-15-7-8-19-20(12-23-21(19)11-15)22(26)24-10-9-18(17(13-24)14-25)16-5-3-2-4-6-16/h2-8,11-12,17-18,23,25H,9-10,13-14H2,1H3/t17-,18+/m0/s1. The molecule has 2 atom stereocenters. The normalized spacial score (nSPS) is 20.5. The number of H-pyrrole nitrogens is 1. The predicted molar refractivity (Wildman–Crippen MR) is 103 cm³/mol. The molecule has 4 nitrogen and oxygen atoms in total. The zero-order valence-corrected chi connectivity index (χ0v) is 15.0. The fraction of sp³-hybridized carbons (Fsp3) is 0.318. The molecule has 0 saturated carbocycles. The monoisotopic (exact) mass is 348 g/mol. The zero-order chi connectivity index (χ0) is 18.1. The summed E-state index contributed by atoms with van der Waals surface area (Å²) >= 11 is 0. The summed E-state index contributed by atoms with van der Waals surface area (Å²) in [5.74, 6) is 0.420. The molecule has 1 fully saturated rings. The molecule has 134 valence electrons. The Morgan fingerprint density at radius 3 is 2.81 bits per heavy atom. The Balaban J connectivity index is 1.56. The molecule has 26 heavy (non-hydrogen) atoms. The molecule has 0 aliphatic carbocycles. The van der Waals surface area contributed by atoms with E-state index in [2.05, 4.69) is 23.2 Å². The van der Waals surface area contributed by atoms with Gasteiger partial charge in [-0.25, -0.2) is 0 Å². The molecule has 1 aromatic heterocycles. The number of carbonyl (C=O) groups is 1. The van der Waals surface area contributed by atoms with E-state index in [1.807, 2.05) is 48.4 Å². The van der Waals surface area contributed by atoms with Crippen LogP contribution in [0.5, 0.6) is 0 Å². The number of aromatic nitrogens is 1. The van der Waals surface area contributed by atoms with E-state index in [9.17, 15) is 9.90 Å². The van der Waals surface area contributed by atoms with Crippen molar-refractivity contribution in [3.8, 4) is 0 Å². The quantitative estimate of drug-likeness (QED) is 0.758. The third-order valence-electron chi connectivity index (χ3n) is 5.55. The number of nitrogens with one attached hydrogen (secondary N) is 1. The lowest BCUT2D eigenvalue weighted by Crippen LogP contribution is -2.44. The summed E-state index contributed by atoms with van der Waals surface area (Å²) in [5.41, 5.74) is 4.13. The maximum atomic E-state index is 13.1. The summed E-state index contributed by atoms with van der Waals surface area (Å²) in [6.07, 6.45) is 2.69. The molecule has 1 saturated heterocycles. The summed E-state index contributed by atoms with van der Waals surface area (Å²) in [7, 11) is 0. The van der Waals surface area contributed by atoms with Gasteiger partial charge in [0.1, 0.15) is 0 Å². The van der Waals surface area contributed by atoms with Crippen LogP contribution in [0.4, 0.5) is 0 Å². The number of carbonyl (C=O) groups excluding carboxylic acids is 1. The van der Waals surface area contributed by atoms with Crippen molar-refractivity contribution in [1.82, 2.24) is 9.88 Å². The molecule has 0 bridgehead atoms. The number of aliphatic hydroxyl groups excluding tert-OH is 1. The number of fused-ring (bicyclic) bond motifs is 1. The van der Waals surface area contributed by atoms with Crippen molar-refractivity contribution in [3.05, 3.63) is 71.4 Å². The molecule has 0 spiro atoms. The molecule has 0 radical (unpaired) electrons. The van der Waals surface area contributed by atoms with Gasteiger partial charge in [0.05, 0.1) is 5.56 Å². The van der Waals surface area contributed by atoms with Gasteiger partial charge >= 0.3 is 0 Å². The number of aliphatic hydroxyl groups is 1. The van der Waals surface area contributed by atoms with Crippen molar-refractivity contribution < 1.29 is 9.90 Å². The van der Waals surface area contributed by atoms with Gasteiger partial charge in [-0.2, -0.15) is 0 Å². The number of piperidine rings is 1. The van der Waals surface area contributed by atoms with E-state index < -0.39 is 0 Å². The highest BCUT2D eigenvalue weighted by Crippen LogP contribution is 2.33. The third-order valence-corrected chi connectivity index (χ3v) is 5.55. The molecule has 4 rings (SSSR count). The van der Waals surface area contributed by atoms with Crippen molar-refractivity contribution >= 4 is 16.8 Å². The number of hydrogen-bond donors (Lipinski definition) is 2. The van der Waals surface area contributed by atoms with Crippen LogP contribution in [0.1, 0.15) is 33.8 Å². The second-order valence-electron chi connectivity index (χ2n) is 7.25. The van der Waals surface area contributed by atoms with Crippen molar-refractivity contribution in [2.75, 3.05) is 19.7 Å². The number of aryl methyl sites for hydroxylation is 1. The smallest absolute Gasteiger partial charge is 0.256 e. The van der Waals surface area contributed by atoms with E-state index in [0.29, 0.717) is 19.0 Å². The lowest BCUT2D eigenvalue weighted by Gasteiger charge is -2.38. The van der Waals surface area contributed by atoms with Crippen LogP contribution in [0, 0.1) is 12.8 Å². The molecule has 0 unspecified atom stereocenters. The molecule has 2 heterocycles. The second-order valence-corrected chi connectivity index (χ2v) is 7.25. The summed E-state index contributed by atoms with van der Waals surface area (Å²) in [5, 5.41) is 10.9. The van der Waals surface area contributed by atoms with Crippen molar-refractivity contribution in [2.24, 2.45) is 5.92 Å². The van der Waals surface area contributed by atoms with Crippen LogP contribution in [-0.2, 0) is 0 Å². The maximum absolute atomic E-state index is 13.1. The van der Waals surface area contributed by atoms with Crippen LogP contribution in [0.2, 0.25) is 0 Å². The largest absolute Gasteiger partial charge is 0.396 e. The van der Waals surface area contributed by atoms with Gasteiger partial charge in [-0.1, -0.05) is 42.5 Å². The molecule has 2 N–H and O–H groups in total. The Hall–Kier alpha value is -2.59.